The summed E-state index contributed by atoms with van der Waals surface area (Å²) in [5.74, 6) is 0.795. The Kier molecular flexibility index (Phi) is 5.91. The summed E-state index contributed by atoms with van der Waals surface area (Å²) in [5.41, 5.74) is 5.21. The van der Waals surface area contributed by atoms with Crippen LogP contribution in [0.1, 0.15) is 37.4 Å². The summed E-state index contributed by atoms with van der Waals surface area (Å²) in [5, 5.41) is 6.93. The fourth-order valence-corrected chi connectivity index (χ4v) is 2.46. The lowest BCUT2D eigenvalue weighted by Gasteiger charge is -2.28. The average molecular weight is 305 g/mol. The molecule has 1 fully saturated rings. The molecule has 1 atom stereocenters. The maximum Gasteiger partial charge on any atom is 0.240 e. The highest BCUT2D eigenvalue weighted by Crippen LogP contribution is 2.37. The van der Waals surface area contributed by atoms with E-state index in [-0.39, 0.29) is 24.9 Å². The number of carbonyl (C=O) groups is 1. The van der Waals surface area contributed by atoms with Crippen LogP contribution in [0.5, 0.6) is 0 Å². The first-order chi connectivity index (χ1) is 9.07. The van der Waals surface area contributed by atoms with Gasteiger partial charge < -0.3 is 20.3 Å². The van der Waals surface area contributed by atoms with Crippen molar-refractivity contribution in [1.29, 1.82) is 0 Å². The lowest BCUT2D eigenvalue weighted by Crippen LogP contribution is -2.52. The van der Waals surface area contributed by atoms with E-state index in [1.807, 2.05) is 0 Å². The van der Waals surface area contributed by atoms with E-state index in [0.717, 1.165) is 25.7 Å². The monoisotopic (exact) mass is 304 g/mol. The van der Waals surface area contributed by atoms with Gasteiger partial charge in [0.15, 0.2) is 5.82 Å². The fourth-order valence-electron chi connectivity index (χ4n) is 2.46. The van der Waals surface area contributed by atoms with Gasteiger partial charge in [-0.2, -0.15) is 4.98 Å². The predicted octanol–water partition coefficient (Wildman–Crippen LogP) is 0.659. The van der Waals surface area contributed by atoms with Crippen LogP contribution in [0.15, 0.2) is 4.52 Å². The molecule has 20 heavy (non-hydrogen) atoms. The van der Waals surface area contributed by atoms with Gasteiger partial charge in [0, 0.05) is 14.0 Å². The van der Waals surface area contributed by atoms with Crippen molar-refractivity contribution >= 4 is 18.3 Å². The molecule has 1 aliphatic rings. The number of methoxy groups -OCH3 is 1. The zero-order valence-electron chi connectivity index (χ0n) is 11.7. The minimum atomic E-state index is -0.685. The molecule has 3 N–H and O–H groups in total. The van der Waals surface area contributed by atoms with Crippen molar-refractivity contribution in [2.24, 2.45) is 5.73 Å². The number of hydrogen-bond donors (Lipinski definition) is 2. The smallest absolute Gasteiger partial charge is 0.240 e. The van der Waals surface area contributed by atoms with E-state index in [4.69, 9.17) is 15.0 Å². The van der Waals surface area contributed by atoms with Crippen molar-refractivity contribution in [3.8, 4) is 0 Å². The van der Waals surface area contributed by atoms with E-state index in [2.05, 4.69) is 15.5 Å². The van der Waals surface area contributed by atoms with Gasteiger partial charge in [-0.15, -0.1) is 12.4 Å². The van der Waals surface area contributed by atoms with Crippen molar-refractivity contribution in [1.82, 2.24) is 15.5 Å². The number of hydrogen-bond acceptors (Lipinski definition) is 6. The van der Waals surface area contributed by atoms with E-state index in [0.29, 0.717) is 11.7 Å². The Bertz CT molecular complexity index is 446. The first-order valence-electron chi connectivity index (χ1n) is 6.45. The second-order valence-electron chi connectivity index (χ2n) is 4.98. The minimum Gasteiger partial charge on any atom is -0.383 e. The molecule has 8 heteroatoms. The Labute approximate surface area is 124 Å². The third kappa shape index (κ3) is 3.47. The number of ether oxygens (including phenoxy) is 1. The maximum atomic E-state index is 12.1. The Morgan fingerprint density at radius 3 is 2.70 bits per heavy atom. The van der Waals surface area contributed by atoms with Gasteiger partial charge in [-0.05, 0) is 12.8 Å². The highest BCUT2D eigenvalue weighted by molar-refractivity contribution is 5.85. The van der Waals surface area contributed by atoms with E-state index in [1.165, 1.54) is 7.11 Å². The van der Waals surface area contributed by atoms with Gasteiger partial charge >= 0.3 is 0 Å². The second kappa shape index (κ2) is 7.01. The highest BCUT2D eigenvalue weighted by Gasteiger charge is 2.41. The third-order valence-corrected chi connectivity index (χ3v) is 3.46. The molecule has 0 bridgehead atoms. The number of amides is 1. The standard InChI is InChI=1S/C12H20N4O3.ClH/c1-8-14-11(16-19-8)12(5-3-4-6-12)15-10(17)9(13)7-18-2;/h9H,3-7,13H2,1-2H3,(H,15,17);1H. The molecule has 0 saturated heterocycles. The van der Waals surface area contributed by atoms with Crippen LogP contribution in [-0.4, -0.2) is 35.8 Å². The Morgan fingerprint density at radius 1 is 1.55 bits per heavy atom. The molecule has 2 rings (SSSR count). The molecular formula is C12H21ClN4O3. The molecule has 1 unspecified atom stereocenters. The molecule has 1 amide bonds. The van der Waals surface area contributed by atoms with Crippen molar-refractivity contribution in [3.05, 3.63) is 11.7 Å². The van der Waals surface area contributed by atoms with Crippen LogP contribution < -0.4 is 11.1 Å². The van der Waals surface area contributed by atoms with Crippen molar-refractivity contribution < 1.29 is 14.1 Å². The lowest BCUT2D eigenvalue weighted by atomic mass is 9.96. The molecule has 7 nitrogen and oxygen atoms in total. The molecule has 1 aromatic heterocycles. The predicted molar refractivity (Wildman–Crippen MR) is 74.4 cm³/mol. The lowest BCUT2D eigenvalue weighted by molar-refractivity contribution is -0.125. The average Bonchev–Trinajstić information content (AvgIpc) is 2.99. The van der Waals surface area contributed by atoms with Gasteiger partial charge in [0.1, 0.15) is 11.6 Å². The molecule has 0 aliphatic heterocycles. The maximum absolute atomic E-state index is 12.1. The molecule has 114 valence electrons. The molecule has 1 aliphatic carbocycles. The fraction of sp³-hybridized carbons (Fsp3) is 0.750. The number of nitrogens with two attached hydrogens (primary N) is 1. The molecule has 1 heterocycles. The Hall–Kier alpha value is -1.18. The second-order valence-corrected chi connectivity index (χ2v) is 4.98. The summed E-state index contributed by atoms with van der Waals surface area (Å²) < 4.78 is 9.92. The number of rotatable bonds is 5. The van der Waals surface area contributed by atoms with E-state index < -0.39 is 11.6 Å². The van der Waals surface area contributed by atoms with Gasteiger partial charge in [0.25, 0.3) is 0 Å². The normalized spacial score (nSPS) is 18.4. The number of carbonyl (C=O) groups excluding carboxylic acids is 1. The number of nitrogens with zero attached hydrogens (tertiary/aromatic N) is 2. The van der Waals surface area contributed by atoms with Crippen molar-refractivity contribution in [2.45, 2.75) is 44.2 Å². The quantitative estimate of drug-likeness (QED) is 0.828. The first kappa shape index (κ1) is 16.9. The zero-order chi connectivity index (χ0) is 13.9. The van der Waals surface area contributed by atoms with Crippen LogP contribution in [-0.2, 0) is 15.1 Å². The largest absolute Gasteiger partial charge is 0.383 e. The number of aromatic nitrogens is 2. The van der Waals surface area contributed by atoms with Gasteiger partial charge in [-0.25, -0.2) is 0 Å². The molecular weight excluding hydrogens is 284 g/mol. The van der Waals surface area contributed by atoms with Crippen LogP contribution in [0, 0.1) is 6.92 Å². The Morgan fingerprint density at radius 2 is 2.20 bits per heavy atom. The summed E-state index contributed by atoms with van der Waals surface area (Å²) >= 11 is 0. The van der Waals surface area contributed by atoms with E-state index in [9.17, 15) is 4.79 Å². The van der Waals surface area contributed by atoms with Gasteiger partial charge in [0.2, 0.25) is 11.8 Å². The van der Waals surface area contributed by atoms with Gasteiger partial charge in [0.05, 0.1) is 6.61 Å². The molecule has 1 aromatic rings. The minimum absolute atomic E-state index is 0. The number of aryl methyl sites for hydroxylation is 1. The summed E-state index contributed by atoms with van der Waals surface area (Å²) in [6.07, 6.45) is 3.65. The number of halogens is 1. The van der Waals surface area contributed by atoms with Crippen LogP contribution in [0.4, 0.5) is 0 Å². The Balaban J connectivity index is 0.00000200. The van der Waals surface area contributed by atoms with Crippen molar-refractivity contribution in [3.63, 3.8) is 0 Å². The SMILES string of the molecule is COCC(N)C(=O)NC1(c2noc(C)n2)CCCC1.Cl. The van der Waals surface area contributed by atoms with E-state index in [1.54, 1.807) is 6.92 Å². The molecule has 0 aromatic carbocycles. The zero-order valence-corrected chi connectivity index (χ0v) is 12.5. The summed E-state index contributed by atoms with van der Waals surface area (Å²) in [7, 11) is 1.51. The van der Waals surface area contributed by atoms with Gasteiger partial charge in [-0.1, -0.05) is 18.0 Å². The van der Waals surface area contributed by atoms with Crippen LogP contribution in [0.25, 0.3) is 0 Å². The number of nitrogens with one attached hydrogen (secondary N) is 1. The topological polar surface area (TPSA) is 103 Å². The summed E-state index contributed by atoms with van der Waals surface area (Å²) in [6, 6.07) is -0.685. The highest BCUT2D eigenvalue weighted by atomic mass is 35.5. The third-order valence-electron chi connectivity index (χ3n) is 3.46. The van der Waals surface area contributed by atoms with Crippen LogP contribution in [0.3, 0.4) is 0 Å². The van der Waals surface area contributed by atoms with Crippen LogP contribution >= 0.6 is 12.4 Å². The first-order valence-corrected chi connectivity index (χ1v) is 6.45. The van der Waals surface area contributed by atoms with Crippen LogP contribution in [0.2, 0.25) is 0 Å². The molecule has 0 radical (unpaired) electrons. The van der Waals surface area contributed by atoms with Gasteiger partial charge in [-0.3, -0.25) is 4.79 Å². The van der Waals surface area contributed by atoms with Crippen molar-refractivity contribution in [2.75, 3.05) is 13.7 Å². The summed E-state index contributed by atoms with van der Waals surface area (Å²) in [6.45, 7) is 1.92. The van der Waals surface area contributed by atoms with E-state index >= 15 is 0 Å². The molecule has 1 saturated carbocycles. The summed E-state index contributed by atoms with van der Waals surface area (Å²) in [4.78, 5) is 16.3. The molecule has 0 spiro atoms.